The van der Waals surface area contributed by atoms with Gasteiger partial charge in [-0.2, -0.15) is 0 Å². The zero-order chi connectivity index (χ0) is 18.7. The van der Waals surface area contributed by atoms with Crippen molar-refractivity contribution in [3.63, 3.8) is 0 Å². The van der Waals surface area contributed by atoms with Crippen molar-refractivity contribution in [2.24, 2.45) is 5.92 Å². The van der Waals surface area contributed by atoms with Crippen LogP contribution in [0.25, 0.3) is 0 Å². The molecule has 0 bridgehead atoms. The number of carbonyl (C=O) groups excluding carboxylic acids is 1. The Labute approximate surface area is 157 Å². The minimum absolute atomic E-state index is 0.0797. The third kappa shape index (κ3) is 4.17. The Morgan fingerprint density at radius 1 is 1.23 bits per heavy atom. The van der Waals surface area contributed by atoms with E-state index in [1.165, 1.54) is 6.42 Å². The fourth-order valence-electron chi connectivity index (χ4n) is 3.26. The van der Waals surface area contributed by atoms with Gasteiger partial charge in [0.25, 0.3) is 5.91 Å². The Morgan fingerprint density at radius 3 is 2.73 bits per heavy atom. The van der Waals surface area contributed by atoms with Crippen molar-refractivity contribution in [2.45, 2.75) is 19.8 Å². The monoisotopic (exact) mass is 372 g/mol. The van der Waals surface area contributed by atoms with E-state index in [0.717, 1.165) is 25.2 Å². The molecule has 2 aromatic carbocycles. The van der Waals surface area contributed by atoms with Crippen LogP contribution in [0.3, 0.4) is 0 Å². The molecule has 0 spiro atoms. The van der Waals surface area contributed by atoms with Crippen molar-refractivity contribution in [3.8, 4) is 0 Å². The number of benzene rings is 2. The zero-order valence-electron chi connectivity index (χ0n) is 14.5. The Morgan fingerprint density at radius 2 is 2.04 bits per heavy atom. The topological polar surface area (TPSA) is 69.6 Å². The maximum atomic E-state index is 12.4. The maximum Gasteiger partial charge on any atom is 0.337 e. The third-order valence-corrected chi connectivity index (χ3v) is 4.83. The summed E-state index contributed by atoms with van der Waals surface area (Å²) in [6.45, 7) is 4.02. The predicted molar refractivity (Wildman–Crippen MR) is 103 cm³/mol. The van der Waals surface area contributed by atoms with E-state index in [1.54, 1.807) is 36.4 Å². The lowest BCUT2D eigenvalue weighted by Gasteiger charge is -2.33. The number of hydrogen-bond donors (Lipinski definition) is 2. The van der Waals surface area contributed by atoms with E-state index in [0.29, 0.717) is 16.5 Å². The fourth-order valence-corrected chi connectivity index (χ4v) is 3.45. The Kier molecular flexibility index (Phi) is 5.47. The molecule has 3 rings (SSSR count). The SMILES string of the molecule is CC1CCCN(c2ccc(NC(=O)c3cccc(Cl)c3)c(C(=O)O)c2)C1. The molecular formula is C20H21ClN2O3. The largest absolute Gasteiger partial charge is 0.478 e. The maximum absolute atomic E-state index is 12.4. The number of piperidine rings is 1. The van der Waals surface area contributed by atoms with Gasteiger partial charge in [-0.1, -0.05) is 24.6 Å². The number of anilines is 2. The van der Waals surface area contributed by atoms with Crippen molar-refractivity contribution < 1.29 is 14.7 Å². The highest BCUT2D eigenvalue weighted by Crippen LogP contribution is 2.28. The first-order valence-corrected chi connectivity index (χ1v) is 9.01. The van der Waals surface area contributed by atoms with Gasteiger partial charge in [0.2, 0.25) is 0 Å². The summed E-state index contributed by atoms with van der Waals surface area (Å²) in [5, 5.41) is 12.7. The molecular weight excluding hydrogens is 352 g/mol. The molecule has 5 nitrogen and oxygen atoms in total. The van der Waals surface area contributed by atoms with Crippen LogP contribution in [-0.2, 0) is 0 Å². The summed E-state index contributed by atoms with van der Waals surface area (Å²) in [4.78, 5) is 26.3. The van der Waals surface area contributed by atoms with E-state index in [2.05, 4.69) is 17.1 Å². The molecule has 1 heterocycles. The van der Waals surface area contributed by atoms with Crippen LogP contribution in [-0.4, -0.2) is 30.1 Å². The number of carboxylic acids is 1. The average molecular weight is 373 g/mol. The van der Waals surface area contributed by atoms with E-state index in [9.17, 15) is 14.7 Å². The second-order valence-electron chi connectivity index (χ2n) is 6.69. The molecule has 1 aliphatic rings. The first-order valence-electron chi connectivity index (χ1n) is 8.63. The summed E-state index contributed by atoms with van der Waals surface area (Å²) in [5.41, 5.74) is 1.60. The number of nitrogens with zero attached hydrogens (tertiary/aromatic N) is 1. The number of aromatic carboxylic acids is 1. The number of nitrogens with one attached hydrogen (secondary N) is 1. The standard InChI is InChI=1S/C20H21ClN2O3/c1-13-4-3-9-23(12-13)16-7-8-18(17(11-16)20(25)26)22-19(24)14-5-2-6-15(21)10-14/h2,5-8,10-11,13H,3-4,9,12H2,1H3,(H,22,24)(H,25,26). The molecule has 1 fully saturated rings. The minimum atomic E-state index is -1.07. The van der Waals surface area contributed by atoms with E-state index < -0.39 is 11.9 Å². The van der Waals surface area contributed by atoms with E-state index in [1.807, 2.05) is 6.07 Å². The van der Waals surface area contributed by atoms with Crippen molar-refractivity contribution in [1.29, 1.82) is 0 Å². The predicted octanol–water partition coefficient (Wildman–Crippen LogP) is 4.53. The highest BCUT2D eigenvalue weighted by Gasteiger charge is 2.20. The van der Waals surface area contributed by atoms with Gasteiger partial charge in [0.15, 0.2) is 0 Å². The lowest BCUT2D eigenvalue weighted by molar-refractivity contribution is 0.0698. The summed E-state index contributed by atoms with van der Waals surface area (Å²) in [7, 11) is 0. The van der Waals surface area contributed by atoms with Gasteiger partial charge in [-0.15, -0.1) is 0 Å². The lowest BCUT2D eigenvalue weighted by atomic mass is 9.99. The highest BCUT2D eigenvalue weighted by molar-refractivity contribution is 6.31. The highest BCUT2D eigenvalue weighted by atomic mass is 35.5. The van der Waals surface area contributed by atoms with Gasteiger partial charge in [0.1, 0.15) is 0 Å². The minimum Gasteiger partial charge on any atom is -0.478 e. The molecule has 1 atom stereocenters. The van der Waals surface area contributed by atoms with Gasteiger partial charge in [0, 0.05) is 29.4 Å². The van der Waals surface area contributed by atoms with Crippen molar-refractivity contribution in [2.75, 3.05) is 23.3 Å². The summed E-state index contributed by atoms with van der Waals surface area (Å²) < 4.78 is 0. The van der Waals surface area contributed by atoms with Gasteiger partial charge >= 0.3 is 5.97 Å². The first-order chi connectivity index (χ1) is 12.4. The zero-order valence-corrected chi connectivity index (χ0v) is 15.3. The van der Waals surface area contributed by atoms with Crippen LogP contribution in [0.15, 0.2) is 42.5 Å². The quantitative estimate of drug-likeness (QED) is 0.827. The molecule has 0 aliphatic carbocycles. The number of rotatable bonds is 4. The van der Waals surface area contributed by atoms with Gasteiger partial charge in [0.05, 0.1) is 11.3 Å². The van der Waals surface area contributed by atoms with Crippen molar-refractivity contribution in [3.05, 3.63) is 58.6 Å². The normalized spacial score (nSPS) is 17.0. The van der Waals surface area contributed by atoms with Crippen LogP contribution in [0.5, 0.6) is 0 Å². The van der Waals surface area contributed by atoms with Crippen LogP contribution in [0.1, 0.15) is 40.5 Å². The summed E-state index contributed by atoms with van der Waals surface area (Å²) in [5.74, 6) is -0.883. The van der Waals surface area contributed by atoms with Crippen molar-refractivity contribution in [1.82, 2.24) is 0 Å². The Bertz CT molecular complexity index is 838. The number of carboxylic acid groups (broad SMARTS) is 1. The van der Waals surface area contributed by atoms with Gasteiger partial charge < -0.3 is 15.3 Å². The van der Waals surface area contributed by atoms with Gasteiger partial charge in [-0.05, 0) is 55.2 Å². The van der Waals surface area contributed by atoms with Crippen LogP contribution >= 0.6 is 11.6 Å². The molecule has 2 aromatic rings. The molecule has 6 heteroatoms. The summed E-state index contributed by atoms with van der Waals surface area (Å²) in [6, 6.07) is 11.7. The smallest absolute Gasteiger partial charge is 0.337 e. The summed E-state index contributed by atoms with van der Waals surface area (Å²) in [6.07, 6.45) is 2.28. The van der Waals surface area contributed by atoms with Crippen LogP contribution in [0.2, 0.25) is 5.02 Å². The molecule has 0 radical (unpaired) electrons. The van der Waals surface area contributed by atoms with E-state index >= 15 is 0 Å². The third-order valence-electron chi connectivity index (χ3n) is 4.59. The van der Waals surface area contributed by atoms with Crippen LogP contribution in [0.4, 0.5) is 11.4 Å². The van der Waals surface area contributed by atoms with Crippen LogP contribution in [0, 0.1) is 5.92 Å². The van der Waals surface area contributed by atoms with E-state index in [4.69, 9.17) is 11.6 Å². The van der Waals surface area contributed by atoms with Gasteiger partial charge in [-0.3, -0.25) is 4.79 Å². The number of hydrogen-bond acceptors (Lipinski definition) is 3. The second kappa shape index (κ2) is 7.79. The molecule has 2 N–H and O–H groups in total. The molecule has 0 saturated carbocycles. The second-order valence-corrected chi connectivity index (χ2v) is 7.13. The molecule has 1 aliphatic heterocycles. The lowest BCUT2D eigenvalue weighted by Crippen LogP contribution is -2.34. The molecule has 136 valence electrons. The molecule has 1 unspecified atom stereocenters. The molecule has 0 aromatic heterocycles. The van der Waals surface area contributed by atoms with Crippen LogP contribution < -0.4 is 10.2 Å². The molecule has 26 heavy (non-hydrogen) atoms. The number of halogens is 1. The number of amides is 1. The average Bonchev–Trinajstić information content (AvgIpc) is 2.61. The van der Waals surface area contributed by atoms with Gasteiger partial charge in [-0.25, -0.2) is 4.79 Å². The van der Waals surface area contributed by atoms with E-state index in [-0.39, 0.29) is 11.3 Å². The number of carbonyl (C=O) groups is 2. The molecule has 1 amide bonds. The fraction of sp³-hybridized carbons (Fsp3) is 0.300. The Balaban J connectivity index is 1.85. The first kappa shape index (κ1) is 18.3. The molecule has 1 saturated heterocycles. The van der Waals surface area contributed by atoms with Crippen molar-refractivity contribution >= 4 is 34.9 Å². The Hall–Kier alpha value is -2.53. The summed E-state index contributed by atoms with van der Waals surface area (Å²) >= 11 is 5.91.